The van der Waals surface area contributed by atoms with E-state index in [1.165, 1.54) is 0 Å². The molecule has 142 valence electrons. The number of imide groups is 1. The van der Waals surface area contributed by atoms with Gasteiger partial charge in [-0.25, -0.2) is 9.80 Å². The highest BCUT2D eigenvalue weighted by Gasteiger charge is 2.42. The Morgan fingerprint density at radius 2 is 1.64 bits per heavy atom. The zero-order chi connectivity index (χ0) is 19.8. The minimum atomic E-state index is -0.904. The van der Waals surface area contributed by atoms with Crippen LogP contribution in [0.25, 0.3) is 11.0 Å². The number of rotatable bonds is 4. The van der Waals surface area contributed by atoms with Gasteiger partial charge < -0.3 is 0 Å². The molecule has 1 aliphatic heterocycles. The summed E-state index contributed by atoms with van der Waals surface area (Å²) >= 11 is 0. The van der Waals surface area contributed by atoms with Crippen molar-refractivity contribution in [2.45, 2.75) is 13.8 Å². The number of carbonyl (C=O) groups excluding carboxylic acids is 3. The molecule has 0 saturated heterocycles. The summed E-state index contributed by atoms with van der Waals surface area (Å²) in [5.74, 6) is -1.16. The maximum atomic E-state index is 12.9. The Bertz CT molecular complexity index is 1060. The Morgan fingerprint density at radius 3 is 2.29 bits per heavy atom. The summed E-state index contributed by atoms with van der Waals surface area (Å²) in [5.41, 5.74) is 1.54. The fourth-order valence-electron chi connectivity index (χ4n) is 3.02. The number of amides is 3. The molecule has 1 aromatic heterocycles. The van der Waals surface area contributed by atoms with Gasteiger partial charge in [-0.3, -0.25) is 14.4 Å². The number of nitrogens with zero attached hydrogens (tertiary/aromatic N) is 5. The molecule has 0 spiro atoms. The molecule has 2 aromatic carbocycles. The number of para-hydroxylation sites is 1. The van der Waals surface area contributed by atoms with E-state index in [0.717, 1.165) is 14.9 Å². The SMILES string of the molecule is CC(C)CN(C(=O)On1nnc2ccccc21)N1C(=O)c2ccccc2C1=O. The molecule has 0 aliphatic carbocycles. The first-order valence-electron chi connectivity index (χ1n) is 8.75. The first kappa shape index (κ1) is 17.7. The van der Waals surface area contributed by atoms with Gasteiger partial charge in [0, 0.05) is 6.54 Å². The predicted octanol–water partition coefficient (Wildman–Crippen LogP) is 2.15. The molecule has 9 heteroatoms. The van der Waals surface area contributed by atoms with E-state index in [2.05, 4.69) is 10.3 Å². The summed E-state index contributed by atoms with van der Waals surface area (Å²) in [6.45, 7) is 3.84. The summed E-state index contributed by atoms with van der Waals surface area (Å²) in [6, 6.07) is 13.4. The number of carbonyl (C=O) groups is 3. The van der Waals surface area contributed by atoms with E-state index < -0.39 is 17.9 Å². The zero-order valence-corrected chi connectivity index (χ0v) is 15.3. The van der Waals surface area contributed by atoms with Gasteiger partial charge in [-0.2, -0.15) is 5.01 Å². The lowest BCUT2D eigenvalue weighted by atomic mass is 10.1. The Morgan fingerprint density at radius 1 is 1.04 bits per heavy atom. The Hall–Kier alpha value is -3.75. The van der Waals surface area contributed by atoms with Crippen LogP contribution in [0.5, 0.6) is 0 Å². The van der Waals surface area contributed by atoms with Gasteiger partial charge in [-0.15, -0.1) is 5.10 Å². The third-order valence-corrected chi connectivity index (χ3v) is 4.25. The van der Waals surface area contributed by atoms with Crippen molar-refractivity contribution in [1.82, 2.24) is 25.2 Å². The molecule has 0 radical (unpaired) electrons. The first-order chi connectivity index (χ1) is 13.5. The van der Waals surface area contributed by atoms with E-state index in [4.69, 9.17) is 4.84 Å². The Balaban J connectivity index is 1.66. The van der Waals surface area contributed by atoms with Crippen molar-refractivity contribution in [3.05, 3.63) is 59.7 Å². The van der Waals surface area contributed by atoms with E-state index in [1.807, 2.05) is 13.8 Å². The molecule has 4 rings (SSSR count). The highest BCUT2D eigenvalue weighted by molar-refractivity contribution is 6.21. The third-order valence-electron chi connectivity index (χ3n) is 4.25. The van der Waals surface area contributed by atoms with Gasteiger partial charge in [0.25, 0.3) is 11.8 Å². The molecule has 2 heterocycles. The molecule has 0 unspecified atom stereocenters. The second-order valence-electron chi connectivity index (χ2n) is 6.75. The molecule has 9 nitrogen and oxygen atoms in total. The van der Waals surface area contributed by atoms with Crippen LogP contribution < -0.4 is 4.84 Å². The van der Waals surface area contributed by atoms with E-state index in [-0.39, 0.29) is 23.6 Å². The maximum Gasteiger partial charge on any atom is 0.455 e. The van der Waals surface area contributed by atoms with Gasteiger partial charge in [-0.05, 0) is 35.4 Å². The van der Waals surface area contributed by atoms with Crippen molar-refractivity contribution in [3.8, 4) is 0 Å². The summed E-state index contributed by atoms with van der Waals surface area (Å²) < 4.78 is 0. The minimum absolute atomic E-state index is 0.0237. The van der Waals surface area contributed by atoms with Gasteiger partial charge in [0.15, 0.2) is 0 Å². The molecule has 0 bridgehead atoms. The van der Waals surface area contributed by atoms with Crippen LogP contribution in [0, 0.1) is 5.92 Å². The van der Waals surface area contributed by atoms with Crippen LogP contribution in [0.3, 0.4) is 0 Å². The quantitative estimate of drug-likeness (QED) is 0.509. The van der Waals surface area contributed by atoms with Crippen molar-refractivity contribution in [3.63, 3.8) is 0 Å². The summed E-state index contributed by atoms with van der Waals surface area (Å²) in [4.78, 5) is 44.7. The normalized spacial score (nSPS) is 13.3. The molecule has 0 saturated carbocycles. The summed E-state index contributed by atoms with van der Waals surface area (Å²) in [5, 5.41) is 9.56. The third kappa shape index (κ3) is 2.86. The fraction of sp³-hybridized carbons (Fsp3) is 0.211. The van der Waals surface area contributed by atoms with Gasteiger partial charge in [0.05, 0.1) is 11.1 Å². The van der Waals surface area contributed by atoms with Gasteiger partial charge in [0.1, 0.15) is 11.0 Å². The lowest BCUT2D eigenvalue weighted by molar-refractivity contribution is -0.0111. The van der Waals surface area contributed by atoms with Crippen LogP contribution >= 0.6 is 0 Å². The lowest BCUT2D eigenvalue weighted by Crippen LogP contribution is -2.53. The smallest absolute Gasteiger partial charge is 0.296 e. The van der Waals surface area contributed by atoms with Crippen LogP contribution in [0.4, 0.5) is 4.79 Å². The van der Waals surface area contributed by atoms with E-state index in [9.17, 15) is 14.4 Å². The monoisotopic (exact) mass is 379 g/mol. The Labute approximate surface area is 160 Å². The first-order valence-corrected chi connectivity index (χ1v) is 8.75. The van der Waals surface area contributed by atoms with E-state index in [1.54, 1.807) is 48.5 Å². The molecule has 3 amide bonds. The maximum absolute atomic E-state index is 12.9. The van der Waals surface area contributed by atoms with Gasteiger partial charge in [-0.1, -0.05) is 43.0 Å². The minimum Gasteiger partial charge on any atom is -0.296 e. The predicted molar refractivity (Wildman–Crippen MR) is 98.0 cm³/mol. The van der Waals surface area contributed by atoms with Crippen molar-refractivity contribution in [1.29, 1.82) is 0 Å². The second kappa shape index (κ2) is 6.76. The Kier molecular flexibility index (Phi) is 4.26. The van der Waals surface area contributed by atoms with Crippen LogP contribution in [-0.4, -0.2) is 49.6 Å². The number of fused-ring (bicyclic) bond motifs is 2. The average molecular weight is 379 g/mol. The summed E-state index contributed by atoms with van der Waals surface area (Å²) in [7, 11) is 0. The lowest BCUT2D eigenvalue weighted by Gasteiger charge is -2.29. The zero-order valence-electron chi connectivity index (χ0n) is 15.3. The number of hydrogen-bond acceptors (Lipinski definition) is 6. The fourth-order valence-corrected chi connectivity index (χ4v) is 3.02. The highest BCUT2D eigenvalue weighted by Crippen LogP contribution is 2.25. The molecule has 0 fully saturated rings. The standard InChI is InChI=1S/C19H17N5O4/c1-12(2)11-22(23-17(25)13-7-3-4-8-14(13)18(23)26)19(27)28-24-16-10-6-5-9-15(16)20-21-24/h3-10,12H,11H2,1-2H3. The van der Waals surface area contributed by atoms with E-state index in [0.29, 0.717) is 11.0 Å². The molecular formula is C19H17N5O4. The molecule has 3 aromatic rings. The van der Waals surface area contributed by atoms with Crippen molar-refractivity contribution < 1.29 is 19.2 Å². The van der Waals surface area contributed by atoms with Crippen LogP contribution in [0.15, 0.2) is 48.5 Å². The molecule has 0 N–H and O–H groups in total. The molecular weight excluding hydrogens is 362 g/mol. The van der Waals surface area contributed by atoms with Gasteiger partial charge in [0.2, 0.25) is 0 Å². The largest absolute Gasteiger partial charge is 0.455 e. The number of aromatic nitrogens is 3. The van der Waals surface area contributed by atoms with Crippen LogP contribution in [0.2, 0.25) is 0 Å². The number of hydrazine groups is 1. The molecule has 28 heavy (non-hydrogen) atoms. The van der Waals surface area contributed by atoms with Crippen molar-refractivity contribution >= 4 is 28.9 Å². The number of hydrogen-bond donors (Lipinski definition) is 0. The molecule has 1 aliphatic rings. The number of benzene rings is 2. The topological polar surface area (TPSA) is 97.6 Å². The van der Waals surface area contributed by atoms with Crippen molar-refractivity contribution in [2.24, 2.45) is 5.92 Å². The van der Waals surface area contributed by atoms with Gasteiger partial charge >= 0.3 is 6.09 Å². The molecule has 0 atom stereocenters. The van der Waals surface area contributed by atoms with Crippen LogP contribution in [-0.2, 0) is 0 Å². The second-order valence-corrected chi connectivity index (χ2v) is 6.75. The highest BCUT2D eigenvalue weighted by atomic mass is 16.7. The average Bonchev–Trinajstić information content (AvgIpc) is 3.20. The van der Waals surface area contributed by atoms with Crippen LogP contribution in [0.1, 0.15) is 34.6 Å². The van der Waals surface area contributed by atoms with E-state index >= 15 is 0 Å². The summed E-state index contributed by atoms with van der Waals surface area (Å²) in [6.07, 6.45) is -0.904. The van der Waals surface area contributed by atoms with Crippen molar-refractivity contribution in [2.75, 3.05) is 6.54 Å².